The van der Waals surface area contributed by atoms with Gasteiger partial charge in [0.05, 0.1) is 0 Å². The Morgan fingerprint density at radius 1 is 1.28 bits per heavy atom. The third-order valence-corrected chi connectivity index (χ3v) is 3.47. The van der Waals surface area contributed by atoms with Crippen molar-refractivity contribution < 1.29 is 8.78 Å². The Morgan fingerprint density at radius 3 is 2.39 bits per heavy atom. The predicted molar refractivity (Wildman–Crippen MR) is 69.5 cm³/mol. The van der Waals surface area contributed by atoms with Crippen molar-refractivity contribution in [3.8, 4) is 0 Å². The number of hydrogen-bond acceptors (Lipinski definition) is 3. The molecular formula is C13H19F2N3. The lowest BCUT2D eigenvalue weighted by atomic mass is 9.97. The van der Waals surface area contributed by atoms with Gasteiger partial charge in [0.2, 0.25) is 0 Å². The minimum Gasteiger partial charge on any atom is -0.399 e. The number of nitrogens with two attached hydrogens (primary N) is 1. The van der Waals surface area contributed by atoms with Crippen LogP contribution in [-0.2, 0) is 0 Å². The highest BCUT2D eigenvalue weighted by atomic mass is 19.1. The summed E-state index contributed by atoms with van der Waals surface area (Å²) in [7, 11) is 2.09. The number of rotatable bonds is 3. The van der Waals surface area contributed by atoms with Gasteiger partial charge in [0.15, 0.2) is 11.6 Å². The molecule has 1 aliphatic heterocycles. The second kappa shape index (κ2) is 5.52. The second-order valence-electron chi connectivity index (χ2n) is 4.99. The lowest BCUT2D eigenvalue weighted by Gasteiger charge is -2.29. The van der Waals surface area contributed by atoms with Gasteiger partial charge in [-0.3, -0.25) is 0 Å². The van der Waals surface area contributed by atoms with E-state index in [4.69, 9.17) is 5.73 Å². The largest absolute Gasteiger partial charge is 0.399 e. The molecule has 0 aliphatic carbocycles. The molecule has 1 aromatic rings. The molecule has 0 atom stereocenters. The quantitative estimate of drug-likeness (QED) is 0.814. The molecule has 1 aromatic carbocycles. The zero-order valence-corrected chi connectivity index (χ0v) is 10.5. The van der Waals surface area contributed by atoms with E-state index in [-0.39, 0.29) is 11.4 Å². The van der Waals surface area contributed by atoms with E-state index in [0.717, 1.165) is 38.1 Å². The third kappa shape index (κ3) is 3.10. The Hall–Kier alpha value is -1.36. The van der Waals surface area contributed by atoms with E-state index in [1.165, 1.54) is 0 Å². The third-order valence-electron chi connectivity index (χ3n) is 3.47. The fourth-order valence-electron chi connectivity index (χ4n) is 2.27. The number of piperidine rings is 1. The van der Waals surface area contributed by atoms with Crippen molar-refractivity contribution in [2.24, 2.45) is 5.92 Å². The van der Waals surface area contributed by atoms with Crippen LogP contribution in [0.2, 0.25) is 0 Å². The van der Waals surface area contributed by atoms with Crippen molar-refractivity contribution in [3.05, 3.63) is 23.8 Å². The zero-order valence-electron chi connectivity index (χ0n) is 10.5. The van der Waals surface area contributed by atoms with Crippen LogP contribution in [0.3, 0.4) is 0 Å². The molecule has 0 bridgehead atoms. The molecule has 0 unspecified atom stereocenters. The van der Waals surface area contributed by atoms with Crippen molar-refractivity contribution in [1.82, 2.24) is 4.90 Å². The highest BCUT2D eigenvalue weighted by Crippen LogP contribution is 2.23. The molecule has 18 heavy (non-hydrogen) atoms. The minimum atomic E-state index is -0.625. The first-order chi connectivity index (χ1) is 8.56. The van der Waals surface area contributed by atoms with Crippen molar-refractivity contribution in [2.45, 2.75) is 12.8 Å². The van der Waals surface area contributed by atoms with Crippen LogP contribution >= 0.6 is 0 Å². The van der Waals surface area contributed by atoms with Gasteiger partial charge in [-0.1, -0.05) is 0 Å². The summed E-state index contributed by atoms with van der Waals surface area (Å²) in [4.78, 5) is 2.26. The first kappa shape index (κ1) is 13.1. The Kier molecular flexibility index (Phi) is 4.01. The molecule has 5 heteroatoms. The van der Waals surface area contributed by atoms with Gasteiger partial charge in [-0.25, -0.2) is 8.78 Å². The smallest absolute Gasteiger partial charge is 0.151 e. The van der Waals surface area contributed by atoms with Crippen LogP contribution in [0, 0.1) is 17.6 Å². The first-order valence-electron chi connectivity index (χ1n) is 6.23. The fraction of sp³-hybridized carbons (Fsp3) is 0.538. The average Bonchev–Trinajstić information content (AvgIpc) is 2.30. The van der Waals surface area contributed by atoms with Crippen LogP contribution < -0.4 is 11.1 Å². The number of halogens is 2. The molecule has 100 valence electrons. The lowest BCUT2D eigenvalue weighted by Crippen LogP contribution is -2.33. The van der Waals surface area contributed by atoms with Crippen LogP contribution in [-0.4, -0.2) is 31.6 Å². The molecule has 0 spiro atoms. The zero-order chi connectivity index (χ0) is 13.1. The lowest BCUT2D eigenvalue weighted by molar-refractivity contribution is 0.226. The average molecular weight is 255 g/mol. The minimum absolute atomic E-state index is 0.0665. The molecule has 0 amide bonds. The van der Waals surface area contributed by atoms with Crippen LogP contribution in [0.15, 0.2) is 12.1 Å². The van der Waals surface area contributed by atoms with Crippen LogP contribution in [0.1, 0.15) is 12.8 Å². The maximum atomic E-state index is 13.5. The molecule has 3 N–H and O–H groups in total. The highest BCUT2D eigenvalue weighted by Gasteiger charge is 2.18. The summed E-state index contributed by atoms with van der Waals surface area (Å²) < 4.78 is 27.1. The van der Waals surface area contributed by atoms with Gasteiger partial charge in [-0.05, 0) is 51.0 Å². The molecule has 0 saturated carbocycles. The molecule has 1 saturated heterocycles. The van der Waals surface area contributed by atoms with Gasteiger partial charge in [0, 0.05) is 12.2 Å². The molecular weight excluding hydrogens is 236 g/mol. The number of hydrogen-bond donors (Lipinski definition) is 2. The number of nitrogens with one attached hydrogen (secondary N) is 1. The number of benzene rings is 1. The van der Waals surface area contributed by atoms with Gasteiger partial charge in [-0.2, -0.15) is 0 Å². The first-order valence-corrected chi connectivity index (χ1v) is 6.23. The van der Waals surface area contributed by atoms with Gasteiger partial charge in [-0.15, -0.1) is 0 Å². The summed E-state index contributed by atoms with van der Waals surface area (Å²) in [5.41, 5.74) is 5.41. The van der Waals surface area contributed by atoms with E-state index in [9.17, 15) is 8.78 Å². The monoisotopic (exact) mass is 255 g/mol. The molecule has 1 aliphatic rings. The SMILES string of the molecule is CN1CCC(CNc2c(F)cc(N)cc2F)CC1. The summed E-state index contributed by atoms with van der Waals surface area (Å²) in [5, 5.41) is 2.87. The normalized spacial score (nSPS) is 17.9. The molecule has 0 radical (unpaired) electrons. The number of anilines is 2. The Morgan fingerprint density at radius 2 is 1.83 bits per heavy atom. The molecule has 3 nitrogen and oxygen atoms in total. The van der Waals surface area contributed by atoms with E-state index in [1.54, 1.807) is 0 Å². The standard InChI is InChI=1S/C13H19F2N3/c1-18-4-2-9(3-5-18)8-17-13-11(14)6-10(16)7-12(13)15/h6-7,9,17H,2-5,8,16H2,1H3. The van der Waals surface area contributed by atoms with Crippen LogP contribution in [0.25, 0.3) is 0 Å². The Balaban J connectivity index is 1.94. The van der Waals surface area contributed by atoms with E-state index < -0.39 is 11.6 Å². The Labute approximate surface area is 106 Å². The topological polar surface area (TPSA) is 41.3 Å². The van der Waals surface area contributed by atoms with Gasteiger partial charge < -0.3 is 16.0 Å². The maximum Gasteiger partial charge on any atom is 0.151 e. The van der Waals surface area contributed by atoms with Crippen molar-refractivity contribution >= 4 is 11.4 Å². The summed E-state index contributed by atoms with van der Waals surface area (Å²) in [6.45, 7) is 2.68. The molecule has 1 heterocycles. The summed E-state index contributed by atoms with van der Waals surface area (Å²) in [6, 6.07) is 2.28. The molecule has 1 fully saturated rings. The maximum absolute atomic E-state index is 13.5. The van der Waals surface area contributed by atoms with Gasteiger partial charge in [0.25, 0.3) is 0 Å². The molecule has 0 aromatic heterocycles. The Bertz CT molecular complexity index is 392. The number of nitrogens with zero attached hydrogens (tertiary/aromatic N) is 1. The predicted octanol–water partition coefficient (Wildman–Crippen LogP) is 2.30. The summed E-state index contributed by atoms with van der Waals surface area (Å²) >= 11 is 0. The van der Waals surface area contributed by atoms with Crippen molar-refractivity contribution in [1.29, 1.82) is 0 Å². The summed E-state index contributed by atoms with van der Waals surface area (Å²) in [5.74, 6) is -0.779. The number of likely N-dealkylation sites (tertiary alicyclic amines) is 1. The van der Waals surface area contributed by atoms with E-state index in [1.807, 2.05) is 0 Å². The number of nitrogen functional groups attached to an aromatic ring is 1. The van der Waals surface area contributed by atoms with E-state index in [2.05, 4.69) is 17.3 Å². The molecule has 2 rings (SSSR count). The highest BCUT2D eigenvalue weighted by molar-refractivity contribution is 5.54. The fourth-order valence-corrected chi connectivity index (χ4v) is 2.27. The van der Waals surface area contributed by atoms with Crippen LogP contribution in [0.4, 0.5) is 20.2 Å². The summed E-state index contributed by atoms with van der Waals surface area (Å²) in [6.07, 6.45) is 2.11. The van der Waals surface area contributed by atoms with Crippen molar-refractivity contribution in [3.63, 3.8) is 0 Å². The van der Waals surface area contributed by atoms with Gasteiger partial charge >= 0.3 is 0 Å². The van der Waals surface area contributed by atoms with Gasteiger partial charge in [0.1, 0.15) is 5.69 Å². The van der Waals surface area contributed by atoms with E-state index >= 15 is 0 Å². The van der Waals surface area contributed by atoms with E-state index in [0.29, 0.717) is 12.5 Å². The van der Waals surface area contributed by atoms with Crippen molar-refractivity contribution in [2.75, 3.05) is 37.7 Å². The second-order valence-corrected chi connectivity index (χ2v) is 4.99. The van der Waals surface area contributed by atoms with Crippen LogP contribution in [0.5, 0.6) is 0 Å².